The summed E-state index contributed by atoms with van der Waals surface area (Å²) in [7, 11) is 0. The third-order valence-electron chi connectivity index (χ3n) is 7.53. The van der Waals surface area contributed by atoms with Gasteiger partial charge in [0.05, 0.1) is 0 Å². The number of unbranched alkanes of at least 4 members (excludes halogenated alkanes) is 9. The second-order valence-electron chi connectivity index (χ2n) is 10.5. The normalized spacial score (nSPS) is 11.2. The van der Waals surface area contributed by atoms with E-state index in [1.54, 1.807) is 0 Å². The molecule has 0 saturated heterocycles. The highest BCUT2D eigenvalue weighted by Gasteiger charge is 2.19. The van der Waals surface area contributed by atoms with Crippen LogP contribution in [0.4, 0.5) is 0 Å². The molecule has 4 heteroatoms. The van der Waals surface area contributed by atoms with Crippen molar-refractivity contribution in [2.45, 2.75) is 83.7 Å². The van der Waals surface area contributed by atoms with Crippen molar-refractivity contribution in [3.63, 3.8) is 0 Å². The summed E-state index contributed by atoms with van der Waals surface area (Å²) in [5.41, 5.74) is 1.25. The van der Waals surface area contributed by atoms with E-state index < -0.39 is 6.17 Å². The lowest BCUT2D eigenvalue weighted by atomic mass is 10.0. The number of carbonyl (C=O) groups is 2. The maximum absolute atomic E-state index is 13.4. The largest absolute Gasteiger partial charge is 0.332 e. The fraction of sp³-hybridized carbons (Fsp3) is 0.371. The molecule has 39 heavy (non-hydrogen) atoms. The van der Waals surface area contributed by atoms with Crippen molar-refractivity contribution < 1.29 is 9.59 Å². The Hall–Kier alpha value is -3.66. The minimum atomic E-state index is -0.447. The predicted octanol–water partition coefficient (Wildman–Crippen LogP) is 8.79. The monoisotopic (exact) mass is 522 g/mol. The molecule has 0 aromatic heterocycles. The minimum Gasteiger partial charge on any atom is -0.332 e. The summed E-state index contributed by atoms with van der Waals surface area (Å²) < 4.78 is 0. The molecule has 2 N–H and O–H groups in total. The van der Waals surface area contributed by atoms with Crippen LogP contribution in [0, 0.1) is 0 Å². The second-order valence-corrected chi connectivity index (χ2v) is 10.5. The van der Waals surface area contributed by atoms with E-state index in [9.17, 15) is 9.59 Å². The zero-order valence-corrected chi connectivity index (χ0v) is 23.3. The molecule has 4 aromatic rings. The third kappa shape index (κ3) is 8.16. The molecule has 4 nitrogen and oxygen atoms in total. The van der Waals surface area contributed by atoms with Gasteiger partial charge in [0, 0.05) is 11.1 Å². The van der Waals surface area contributed by atoms with Gasteiger partial charge in [0.1, 0.15) is 6.17 Å². The number of rotatable bonds is 15. The number of fused-ring (bicyclic) bond motifs is 2. The molecule has 2 amide bonds. The van der Waals surface area contributed by atoms with E-state index in [1.165, 1.54) is 51.4 Å². The lowest BCUT2D eigenvalue weighted by molar-refractivity contribution is 0.0880. The van der Waals surface area contributed by atoms with Crippen LogP contribution >= 0.6 is 0 Å². The topological polar surface area (TPSA) is 58.2 Å². The van der Waals surface area contributed by atoms with Crippen LogP contribution < -0.4 is 10.6 Å². The first kappa shape index (κ1) is 28.4. The molecule has 4 aromatic carbocycles. The second kappa shape index (κ2) is 15.1. The summed E-state index contributed by atoms with van der Waals surface area (Å²) in [6.07, 6.45) is 12.7. The van der Waals surface area contributed by atoms with Gasteiger partial charge in [-0.25, -0.2) is 0 Å². The molecule has 0 aliphatic carbocycles. The summed E-state index contributed by atoms with van der Waals surface area (Å²) >= 11 is 0. The molecule has 0 radical (unpaired) electrons. The first-order chi connectivity index (χ1) is 19.2. The molecule has 0 fully saturated rings. The highest BCUT2D eigenvalue weighted by Crippen LogP contribution is 2.21. The summed E-state index contributed by atoms with van der Waals surface area (Å²) in [6.45, 7) is 2.25. The lowest BCUT2D eigenvalue weighted by Gasteiger charge is -2.21. The summed E-state index contributed by atoms with van der Waals surface area (Å²) in [6, 6.07) is 27.3. The van der Waals surface area contributed by atoms with E-state index in [2.05, 4.69) is 17.6 Å². The van der Waals surface area contributed by atoms with Gasteiger partial charge >= 0.3 is 0 Å². The van der Waals surface area contributed by atoms with Crippen molar-refractivity contribution in [2.75, 3.05) is 0 Å². The standard InChI is InChI=1S/C35H42N2O2/c1-2-3-4-5-6-7-8-9-10-11-26-33(36-34(38)31-24-16-20-27-18-12-14-22-29(27)31)37-35(39)32-25-17-21-28-19-13-15-23-30(28)32/h12-25,33H,2-11,26H2,1H3,(H,36,38)(H,37,39). The van der Waals surface area contributed by atoms with Gasteiger partial charge in [0.25, 0.3) is 11.8 Å². The molecule has 0 aliphatic heterocycles. The van der Waals surface area contributed by atoms with E-state index in [-0.39, 0.29) is 11.8 Å². The summed E-state index contributed by atoms with van der Waals surface area (Å²) in [5.74, 6) is -0.329. The average molecular weight is 523 g/mol. The Balaban J connectivity index is 1.39. The van der Waals surface area contributed by atoms with Crippen LogP contribution in [0.1, 0.15) is 98.3 Å². The Morgan fingerprint density at radius 2 is 0.949 bits per heavy atom. The zero-order chi connectivity index (χ0) is 27.3. The van der Waals surface area contributed by atoms with Gasteiger partial charge in [0.15, 0.2) is 0 Å². The van der Waals surface area contributed by atoms with Gasteiger partial charge in [-0.2, -0.15) is 0 Å². The van der Waals surface area contributed by atoms with Crippen LogP contribution in [-0.4, -0.2) is 18.0 Å². The Bertz CT molecular complexity index is 1260. The number of carbonyl (C=O) groups excluding carboxylic acids is 2. The van der Waals surface area contributed by atoms with Crippen LogP contribution in [0.25, 0.3) is 21.5 Å². The van der Waals surface area contributed by atoms with E-state index in [1.807, 2.05) is 84.9 Å². The first-order valence-electron chi connectivity index (χ1n) is 14.7. The van der Waals surface area contributed by atoms with Crippen molar-refractivity contribution in [1.82, 2.24) is 10.6 Å². The molecule has 0 bridgehead atoms. The van der Waals surface area contributed by atoms with Crippen LogP contribution in [-0.2, 0) is 0 Å². The highest BCUT2D eigenvalue weighted by molar-refractivity contribution is 6.08. The number of hydrogen-bond donors (Lipinski definition) is 2. The minimum absolute atomic E-state index is 0.165. The molecule has 0 aliphatic rings. The van der Waals surface area contributed by atoms with Crippen molar-refractivity contribution in [2.24, 2.45) is 0 Å². The molecule has 204 valence electrons. The SMILES string of the molecule is CCCCCCCCCCCCC(NC(=O)c1cccc2ccccc12)NC(=O)c1cccc2ccccc12. The maximum Gasteiger partial charge on any atom is 0.253 e. The maximum atomic E-state index is 13.4. The molecule has 0 spiro atoms. The van der Waals surface area contributed by atoms with E-state index in [0.29, 0.717) is 17.5 Å². The lowest BCUT2D eigenvalue weighted by Crippen LogP contribution is -2.48. The number of hydrogen-bond acceptors (Lipinski definition) is 2. The van der Waals surface area contributed by atoms with Gasteiger partial charge in [-0.05, 0) is 46.5 Å². The number of amides is 2. The predicted molar refractivity (Wildman–Crippen MR) is 163 cm³/mol. The van der Waals surface area contributed by atoms with Gasteiger partial charge in [-0.1, -0.05) is 138 Å². The summed E-state index contributed by atoms with van der Waals surface area (Å²) in [5, 5.41) is 10.1. The third-order valence-corrected chi connectivity index (χ3v) is 7.53. The van der Waals surface area contributed by atoms with E-state index in [4.69, 9.17) is 0 Å². The van der Waals surface area contributed by atoms with Gasteiger partial charge in [-0.3, -0.25) is 9.59 Å². The van der Waals surface area contributed by atoms with Crippen LogP contribution in [0.15, 0.2) is 84.9 Å². The molecule has 0 atom stereocenters. The van der Waals surface area contributed by atoms with Crippen molar-refractivity contribution in [3.8, 4) is 0 Å². The smallest absolute Gasteiger partial charge is 0.253 e. The van der Waals surface area contributed by atoms with Gasteiger partial charge in [-0.15, -0.1) is 0 Å². The van der Waals surface area contributed by atoms with Crippen LogP contribution in [0.5, 0.6) is 0 Å². The fourth-order valence-corrected chi connectivity index (χ4v) is 5.34. The number of benzene rings is 4. The Kier molecular flexibility index (Phi) is 10.9. The van der Waals surface area contributed by atoms with Gasteiger partial charge < -0.3 is 10.6 Å². The van der Waals surface area contributed by atoms with Crippen molar-refractivity contribution in [1.29, 1.82) is 0 Å². The zero-order valence-electron chi connectivity index (χ0n) is 23.3. The quantitative estimate of drug-likeness (QED) is 0.121. The van der Waals surface area contributed by atoms with Gasteiger partial charge in [0.2, 0.25) is 0 Å². The first-order valence-corrected chi connectivity index (χ1v) is 14.7. The van der Waals surface area contributed by atoms with Crippen molar-refractivity contribution in [3.05, 3.63) is 96.1 Å². The van der Waals surface area contributed by atoms with Crippen LogP contribution in [0.2, 0.25) is 0 Å². The Labute approximate surface area is 233 Å². The average Bonchev–Trinajstić information content (AvgIpc) is 2.97. The molecular formula is C35H42N2O2. The molecule has 0 unspecified atom stereocenters. The molecule has 4 rings (SSSR count). The Morgan fingerprint density at radius 1 is 0.538 bits per heavy atom. The van der Waals surface area contributed by atoms with E-state index in [0.717, 1.165) is 34.4 Å². The number of nitrogens with one attached hydrogen (secondary N) is 2. The molecule has 0 saturated carbocycles. The Morgan fingerprint density at radius 3 is 1.44 bits per heavy atom. The summed E-state index contributed by atoms with van der Waals surface area (Å²) in [4.78, 5) is 26.8. The molecule has 0 heterocycles. The van der Waals surface area contributed by atoms with Crippen LogP contribution in [0.3, 0.4) is 0 Å². The highest BCUT2D eigenvalue weighted by atomic mass is 16.2. The fourth-order valence-electron chi connectivity index (χ4n) is 5.34. The van der Waals surface area contributed by atoms with E-state index >= 15 is 0 Å². The van der Waals surface area contributed by atoms with Crippen molar-refractivity contribution >= 4 is 33.4 Å². The molecular weight excluding hydrogens is 480 g/mol.